The molecule has 0 spiro atoms. The summed E-state index contributed by atoms with van der Waals surface area (Å²) >= 11 is 3.60. The first-order chi connectivity index (χ1) is 17.5. The zero-order valence-corrected chi connectivity index (χ0v) is 22.4. The number of fused-ring (bicyclic) bond motifs is 1. The molecule has 6 heteroatoms. The third-order valence-electron chi connectivity index (χ3n) is 6.91. The average Bonchev–Trinajstić information content (AvgIpc) is 3.45. The summed E-state index contributed by atoms with van der Waals surface area (Å²) in [5.41, 5.74) is 4.36. The Morgan fingerprint density at radius 2 is 1.75 bits per heavy atom. The number of hydrogen-bond acceptors (Lipinski definition) is 3. The Morgan fingerprint density at radius 3 is 2.53 bits per heavy atom. The van der Waals surface area contributed by atoms with Crippen molar-refractivity contribution in [3.63, 3.8) is 0 Å². The predicted molar refractivity (Wildman–Crippen MR) is 149 cm³/mol. The van der Waals surface area contributed by atoms with E-state index in [2.05, 4.69) is 76.8 Å². The molecule has 0 aliphatic carbocycles. The fraction of sp³-hybridized carbons (Fsp3) is 0.333. The largest absolute Gasteiger partial charge is 0.494 e. The summed E-state index contributed by atoms with van der Waals surface area (Å²) in [6.07, 6.45) is 2.40. The highest BCUT2D eigenvalue weighted by molar-refractivity contribution is 9.10. The minimum atomic E-state index is 0.0627. The topological polar surface area (TPSA) is 47.4 Å². The van der Waals surface area contributed by atoms with Crippen molar-refractivity contribution in [3.8, 4) is 5.75 Å². The molecule has 1 unspecified atom stereocenters. The van der Waals surface area contributed by atoms with Crippen LogP contribution < -0.4 is 9.64 Å². The van der Waals surface area contributed by atoms with E-state index in [1.54, 1.807) is 0 Å². The van der Waals surface area contributed by atoms with E-state index < -0.39 is 0 Å². The van der Waals surface area contributed by atoms with Crippen molar-refractivity contribution < 1.29 is 9.53 Å². The maximum atomic E-state index is 13.0. The highest BCUT2D eigenvalue weighted by Crippen LogP contribution is 2.36. The number of rotatable bonds is 9. The number of ether oxygens (including phenoxy) is 1. The zero-order valence-electron chi connectivity index (χ0n) is 20.9. The number of amides is 1. The van der Waals surface area contributed by atoms with Crippen LogP contribution >= 0.6 is 15.9 Å². The number of hydrogen-bond donors (Lipinski definition) is 0. The van der Waals surface area contributed by atoms with Crippen molar-refractivity contribution in [2.45, 2.75) is 51.5 Å². The van der Waals surface area contributed by atoms with Crippen molar-refractivity contribution in [2.24, 2.45) is 0 Å². The molecule has 0 N–H and O–H groups in total. The van der Waals surface area contributed by atoms with E-state index in [9.17, 15) is 4.79 Å². The number of carbonyl (C=O) groups is 1. The van der Waals surface area contributed by atoms with E-state index in [-0.39, 0.29) is 11.8 Å². The van der Waals surface area contributed by atoms with Crippen LogP contribution in [0.25, 0.3) is 11.0 Å². The third-order valence-corrected chi connectivity index (χ3v) is 7.58. The second kappa shape index (κ2) is 10.9. The van der Waals surface area contributed by atoms with Crippen LogP contribution in [0, 0.1) is 0 Å². The molecule has 5 nitrogen and oxygen atoms in total. The average molecular weight is 547 g/mol. The molecule has 0 radical (unpaired) electrons. The lowest BCUT2D eigenvalue weighted by Gasteiger charge is -2.19. The van der Waals surface area contributed by atoms with E-state index in [0.717, 1.165) is 52.2 Å². The SMILES string of the molecule is CC(C)c1ccc(OCCCCn2c(C3CC(=O)N(c4ccccc4Br)C3)nc3ccccc32)cc1. The molecule has 1 amide bonds. The maximum absolute atomic E-state index is 13.0. The molecular formula is C30H32BrN3O2. The van der Waals surface area contributed by atoms with E-state index in [0.29, 0.717) is 25.5 Å². The maximum Gasteiger partial charge on any atom is 0.227 e. The normalized spacial score (nSPS) is 15.8. The number of unbranched alkanes of at least 4 members (excludes halogenated alkanes) is 1. The monoisotopic (exact) mass is 545 g/mol. The van der Waals surface area contributed by atoms with Crippen LogP contribution in [0.2, 0.25) is 0 Å². The Morgan fingerprint density at radius 1 is 1.00 bits per heavy atom. The Balaban J connectivity index is 1.26. The number of halogens is 1. The molecule has 1 aliphatic rings. The van der Waals surface area contributed by atoms with Gasteiger partial charge in [-0.15, -0.1) is 0 Å². The smallest absolute Gasteiger partial charge is 0.227 e. The minimum absolute atomic E-state index is 0.0627. The number of aromatic nitrogens is 2. The zero-order chi connectivity index (χ0) is 25.1. The number of nitrogens with zero attached hydrogens (tertiary/aromatic N) is 3. The molecule has 1 fully saturated rings. The second-order valence-electron chi connectivity index (χ2n) is 9.75. The van der Waals surface area contributed by atoms with Gasteiger partial charge in [-0.3, -0.25) is 4.79 Å². The summed E-state index contributed by atoms with van der Waals surface area (Å²) in [5, 5.41) is 0. The van der Waals surface area contributed by atoms with E-state index >= 15 is 0 Å². The lowest BCUT2D eigenvalue weighted by molar-refractivity contribution is -0.117. The van der Waals surface area contributed by atoms with Crippen molar-refractivity contribution in [1.82, 2.24) is 9.55 Å². The first kappa shape index (κ1) is 24.6. The van der Waals surface area contributed by atoms with Crippen LogP contribution in [0.15, 0.2) is 77.3 Å². The molecule has 0 bridgehead atoms. The predicted octanol–water partition coefficient (Wildman–Crippen LogP) is 7.30. The summed E-state index contributed by atoms with van der Waals surface area (Å²) in [6.45, 7) is 6.57. The Labute approximate surface area is 221 Å². The molecule has 1 atom stereocenters. The molecule has 5 rings (SSSR count). The number of aryl methyl sites for hydroxylation is 1. The first-order valence-electron chi connectivity index (χ1n) is 12.7. The third kappa shape index (κ3) is 5.19. The van der Waals surface area contributed by atoms with Crippen LogP contribution in [0.4, 0.5) is 5.69 Å². The lowest BCUT2D eigenvalue weighted by Crippen LogP contribution is -2.25. The minimum Gasteiger partial charge on any atom is -0.494 e. The summed E-state index contributed by atoms with van der Waals surface area (Å²) in [7, 11) is 0. The highest BCUT2D eigenvalue weighted by atomic mass is 79.9. The molecule has 186 valence electrons. The molecule has 0 saturated carbocycles. The summed E-state index contributed by atoms with van der Waals surface area (Å²) in [6, 6.07) is 24.6. The first-order valence-corrected chi connectivity index (χ1v) is 13.5. The molecule has 1 saturated heterocycles. The summed E-state index contributed by atoms with van der Waals surface area (Å²) in [5.74, 6) is 2.65. The van der Waals surface area contributed by atoms with Crippen LogP contribution in [-0.2, 0) is 11.3 Å². The van der Waals surface area contributed by atoms with Gasteiger partial charge in [-0.1, -0.05) is 50.2 Å². The number of benzene rings is 3. The Kier molecular flexibility index (Phi) is 7.42. The highest BCUT2D eigenvalue weighted by Gasteiger charge is 2.35. The number of para-hydroxylation sites is 3. The molecule has 2 heterocycles. The van der Waals surface area contributed by atoms with Crippen molar-refractivity contribution >= 4 is 38.6 Å². The molecule has 1 aromatic heterocycles. The fourth-order valence-electron chi connectivity index (χ4n) is 4.94. The van der Waals surface area contributed by atoms with Crippen LogP contribution in [0.1, 0.15) is 56.3 Å². The summed E-state index contributed by atoms with van der Waals surface area (Å²) < 4.78 is 9.24. The van der Waals surface area contributed by atoms with Crippen LogP contribution in [-0.4, -0.2) is 28.6 Å². The van der Waals surface area contributed by atoms with Gasteiger partial charge in [0.2, 0.25) is 5.91 Å². The van der Waals surface area contributed by atoms with E-state index in [1.165, 1.54) is 5.56 Å². The molecule has 1 aliphatic heterocycles. The molecular weight excluding hydrogens is 514 g/mol. The van der Waals surface area contributed by atoms with Gasteiger partial charge in [0.15, 0.2) is 0 Å². The van der Waals surface area contributed by atoms with E-state index in [4.69, 9.17) is 9.72 Å². The number of imidazole rings is 1. The Hall–Kier alpha value is -3.12. The van der Waals surface area contributed by atoms with Crippen molar-refractivity contribution in [2.75, 3.05) is 18.1 Å². The van der Waals surface area contributed by atoms with Crippen molar-refractivity contribution in [3.05, 3.63) is 88.7 Å². The van der Waals surface area contributed by atoms with Crippen LogP contribution in [0.3, 0.4) is 0 Å². The van der Waals surface area contributed by atoms with Gasteiger partial charge >= 0.3 is 0 Å². The van der Waals surface area contributed by atoms with Gasteiger partial charge in [0.1, 0.15) is 11.6 Å². The van der Waals surface area contributed by atoms with Gasteiger partial charge < -0.3 is 14.2 Å². The molecule has 3 aromatic carbocycles. The number of anilines is 1. The molecule has 36 heavy (non-hydrogen) atoms. The summed E-state index contributed by atoms with van der Waals surface area (Å²) in [4.78, 5) is 19.9. The van der Waals surface area contributed by atoms with Gasteiger partial charge in [0, 0.05) is 29.9 Å². The molecule has 4 aromatic rings. The lowest BCUT2D eigenvalue weighted by atomic mass is 10.0. The van der Waals surface area contributed by atoms with Crippen molar-refractivity contribution in [1.29, 1.82) is 0 Å². The number of carbonyl (C=O) groups excluding carboxylic acids is 1. The van der Waals surface area contributed by atoms with Gasteiger partial charge in [-0.05, 0) is 76.7 Å². The standard InChI is InChI=1S/C30H32BrN3O2/c1-21(2)22-13-15-24(16-14-22)36-18-8-7-17-33-28-12-6-4-10-26(28)32-30(33)23-19-29(35)34(20-23)27-11-5-3-9-25(27)31/h3-6,9-16,21,23H,7-8,17-20H2,1-2H3. The van der Waals surface area contributed by atoms with Gasteiger partial charge in [0.25, 0.3) is 0 Å². The van der Waals surface area contributed by atoms with Gasteiger partial charge in [-0.25, -0.2) is 4.98 Å². The van der Waals surface area contributed by atoms with E-state index in [1.807, 2.05) is 35.2 Å². The Bertz CT molecular complexity index is 1350. The van der Waals surface area contributed by atoms with Gasteiger partial charge in [0.05, 0.1) is 23.3 Å². The van der Waals surface area contributed by atoms with Gasteiger partial charge in [-0.2, -0.15) is 0 Å². The second-order valence-corrected chi connectivity index (χ2v) is 10.6. The quantitative estimate of drug-likeness (QED) is 0.207. The van der Waals surface area contributed by atoms with Crippen LogP contribution in [0.5, 0.6) is 5.75 Å². The fourth-order valence-corrected chi connectivity index (χ4v) is 5.43.